The Balaban J connectivity index is 1.53. The Morgan fingerprint density at radius 3 is 2.85 bits per heavy atom. The molecule has 2 heterocycles. The Labute approximate surface area is 157 Å². The van der Waals surface area contributed by atoms with Gasteiger partial charge < -0.3 is 15.5 Å². The molecule has 3 rings (SSSR count). The van der Waals surface area contributed by atoms with Crippen LogP contribution in [0.1, 0.15) is 19.2 Å². The van der Waals surface area contributed by atoms with Crippen LogP contribution in [0.25, 0.3) is 0 Å². The molecule has 0 bridgehead atoms. The van der Waals surface area contributed by atoms with Crippen molar-refractivity contribution in [2.24, 2.45) is 18.0 Å². The Bertz CT molecular complexity index is 790. The highest BCUT2D eigenvalue weighted by molar-refractivity contribution is 5.79. The molecule has 7 nitrogen and oxygen atoms in total. The van der Waals surface area contributed by atoms with Gasteiger partial charge in [-0.3, -0.25) is 4.68 Å². The van der Waals surface area contributed by atoms with Gasteiger partial charge in [-0.05, 0) is 31.4 Å². The van der Waals surface area contributed by atoms with Gasteiger partial charge in [0.2, 0.25) is 0 Å². The molecule has 0 radical (unpaired) electrons. The number of guanidine groups is 1. The van der Waals surface area contributed by atoms with Gasteiger partial charge in [-0.15, -0.1) is 0 Å². The van der Waals surface area contributed by atoms with E-state index in [1.807, 2.05) is 14.0 Å². The second-order valence-corrected chi connectivity index (χ2v) is 6.58. The SMILES string of the molecule is CCNC(=NCc1ncnn1C)NCC1CCN(c2ccc(F)c(F)c2)C1. The van der Waals surface area contributed by atoms with Crippen LogP contribution in [-0.2, 0) is 13.6 Å². The molecule has 1 aliphatic rings. The number of halogens is 2. The first-order chi connectivity index (χ1) is 13.1. The molecule has 1 atom stereocenters. The average molecular weight is 377 g/mol. The van der Waals surface area contributed by atoms with Crippen molar-refractivity contribution in [2.45, 2.75) is 19.9 Å². The minimum absolute atomic E-state index is 0.400. The molecule has 0 spiro atoms. The van der Waals surface area contributed by atoms with Gasteiger partial charge in [-0.2, -0.15) is 5.10 Å². The normalized spacial score (nSPS) is 17.4. The minimum atomic E-state index is -0.814. The topological polar surface area (TPSA) is 70.4 Å². The first-order valence-corrected chi connectivity index (χ1v) is 9.12. The second-order valence-electron chi connectivity index (χ2n) is 6.58. The summed E-state index contributed by atoms with van der Waals surface area (Å²) in [6.07, 6.45) is 2.49. The van der Waals surface area contributed by atoms with Crippen LogP contribution in [0.2, 0.25) is 0 Å². The number of hydrogen-bond donors (Lipinski definition) is 2. The number of nitrogens with one attached hydrogen (secondary N) is 2. The first kappa shape index (κ1) is 19.1. The summed E-state index contributed by atoms with van der Waals surface area (Å²) in [5.41, 5.74) is 0.722. The fourth-order valence-corrected chi connectivity index (χ4v) is 3.11. The average Bonchev–Trinajstić information content (AvgIpc) is 3.29. The van der Waals surface area contributed by atoms with Crippen molar-refractivity contribution in [2.75, 3.05) is 31.1 Å². The fourth-order valence-electron chi connectivity index (χ4n) is 3.11. The third kappa shape index (κ3) is 4.93. The maximum absolute atomic E-state index is 13.4. The molecule has 0 saturated carbocycles. The lowest BCUT2D eigenvalue weighted by molar-refractivity contribution is 0.508. The largest absolute Gasteiger partial charge is 0.371 e. The van der Waals surface area contributed by atoms with E-state index in [-0.39, 0.29) is 0 Å². The molecule has 1 aromatic carbocycles. The molecule has 146 valence electrons. The van der Waals surface area contributed by atoms with Gasteiger partial charge in [-0.1, -0.05) is 0 Å². The summed E-state index contributed by atoms with van der Waals surface area (Å²) in [6.45, 7) is 5.59. The molecule has 1 aliphatic heterocycles. The monoisotopic (exact) mass is 377 g/mol. The van der Waals surface area contributed by atoms with Crippen LogP contribution < -0.4 is 15.5 Å². The van der Waals surface area contributed by atoms with Crippen LogP contribution in [-0.4, -0.2) is 46.9 Å². The van der Waals surface area contributed by atoms with Crippen LogP contribution in [0.3, 0.4) is 0 Å². The van der Waals surface area contributed by atoms with Crippen molar-refractivity contribution < 1.29 is 8.78 Å². The summed E-state index contributed by atoms with van der Waals surface area (Å²) in [5, 5.41) is 10.6. The van der Waals surface area contributed by atoms with E-state index < -0.39 is 11.6 Å². The Hall–Kier alpha value is -2.71. The zero-order chi connectivity index (χ0) is 19.2. The van der Waals surface area contributed by atoms with E-state index in [1.54, 1.807) is 10.7 Å². The van der Waals surface area contributed by atoms with E-state index in [9.17, 15) is 8.78 Å². The number of rotatable bonds is 6. The lowest BCUT2D eigenvalue weighted by Crippen LogP contribution is -2.40. The lowest BCUT2D eigenvalue weighted by atomic mass is 10.1. The third-order valence-corrected chi connectivity index (χ3v) is 4.64. The predicted molar refractivity (Wildman–Crippen MR) is 100 cm³/mol. The summed E-state index contributed by atoms with van der Waals surface area (Å²) < 4.78 is 28.3. The number of benzene rings is 1. The van der Waals surface area contributed by atoms with Gasteiger partial charge in [0.05, 0.1) is 0 Å². The quantitative estimate of drug-likeness (QED) is 0.592. The highest BCUT2D eigenvalue weighted by Gasteiger charge is 2.23. The maximum atomic E-state index is 13.4. The zero-order valence-electron chi connectivity index (χ0n) is 15.6. The number of aromatic nitrogens is 3. The molecule has 9 heteroatoms. The van der Waals surface area contributed by atoms with Crippen molar-refractivity contribution in [1.82, 2.24) is 25.4 Å². The number of aliphatic imine (C=N–C) groups is 1. The summed E-state index contributed by atoms with van der Waals surface area (Å²) in [4.78, 5) is 10.8. The van der Waals surface area contributed by atoms with Crippen LogP contribution >= 0.6 is 0 Å². The highest BCUT2D eigenvalue weighted by Crippen LogP contribution is 2.24. The molecule has 0 aliphatic carbocycles. The smallest absolute Gasteiger partial charge is 0.191 e. The van der Waals surface area contributed by atoms with Gasteiger partial charge in [-0.25, -0.2) is 18.8 Å². The van der Waals surface area contributed by atoms with E-state index >= 15 is 0 Å². The molecule has 0 amide bonds. The molecule has 1 unspecified atom stereocenters. The van der Waals surface area contributed by atoms with Crippen molar-refractivity contribution in [1.29, 1.82) is 0 Å². The van der Waals surface area contributed by atoms with Crippen LogP contribution in [0.5, 0.6) is 0 Å². The van der Waals surface area contributed by atoms with Gasteiger partial charge in [0.15, 0.2) is 17.6 Å². The van der Waals surface area contributed by atoms with E-state index in [2.05, 4.69) is 30.6 Å². The second kappa shape index (κ2) is 8.79. The summed E-state index contributed by atoms with van der Waals surface area (Å²) >= 11 is 0. The Morgan fingerprint density at radius 1 is 1.30 bits per heavy atom. The van der Waals surface area contributed by atoms with Gasteiger partial charge in [0, 0.05) is 45.0 Å². The number of aryl methyl sites for hydroxylation is 1. The van der Waals surface area contributed by atoms with Crippen molar-refractivity contribution in [3.63, 3.8) is 0 Å². The predicted octanol–water partition coefficient (Wildman–Crippen LogP) is 1.67. The molecule has 2 aromatic rings. The van der Waals surface area contributed by atoms with Crippen LogP contribution in [0.15, 0.2) is 29.5 Å². The molecule has 27 heavy (non-hydrogen) atoms. The van der Waals surface area contributed by atoms with E-state index in [1.165, 1.54) is 18.5 Å². The third-order valence-electron chi connectivity index (χ3n) is 4.64. The first-order valence-electron chi connectivity index (χ1n) is 9.12. The van der Waals surface area contributed by atoms with Crippen LogP contribution in [0, 0.1) is 17.6 Å². The van der Waals surface area contributed by atoms with Crippen LogP contribution in [0.4, 0.5) is 14.5 Å². The molecule has 2 N–H and O–H groups in total. The van der Waals surface area contributed by atoms with Gasteiger partial charge >= 0.3 is 0 Å². The minimum Gasteiger partial charge on any atom is -0.371 e. The molecular weight excluding hydrogens is 352 g/mol. The van der Waals surface area contributed by atoms with E-state index in [4.69, 9.17) is 0 Å². The number of nitrogens with zero attached hydrogens (tertiary/aromatic N) is 5. The van der Waals surface area contributed by atoms with Crippen molar-refractivity contribution >= 4 is 11.6 Å². The summed E-state index contributed by atoms with van der Waals surface area (Å²) in [6, 6.07) is 4.07. The van der Waals surface area contributed by atoms with E-state index in [0.717, 1.165) is 50.1 Å². The Morgan fingerprint density at radius 2 is 2.15 bits per heavy atom. The standard InChI is InChI=1S/C18H25F2N7/c1-3-21-18(23-10-17-24-12-25-26(17)2)22-9-13-6-7-27(11-13)14-4-5-15(19)16(20)8-14/h4-5,8,12-13H,3,6-7,9-11H2,1-2H3,(H2,21,22,23). The summed E-state index contributed by atoms with van der Waals surface area (Å²) in [7, 11) is 1.84. The Kier molecular flexibility index (Phi) is 6.20. The number of anilines is 1. The maximum Gasteiger partial charge on any atom is 0.191 e. The zero-order valence-corrected chi connectivity index (χ0v) is 15.6. The van der Waals surface area contributed by atoms with Crippen molar-refractivity contribution in [3.05, 3.63) is 42.0 Å². The summed E-state index contributed by atoms with van der Waals surface area (Å²) in [5.74, 6) is 0.297. The van der Waals surface area contributed by atoms with Gasteiger partial charge in [0.1, 0.15) is 18.7 Å². The lowest BCUT2D eigenvalue weighted by Gasteiger charge is -2.19. The van der Waals surface area contributed by atoms with Crippen molar-refractivity contribution in [3.8, 4) is 0 Å². The fraction of sp³-hybridized carbons (Fsp3) is 0.500. The molecule has 1 saturated heterocycles. The molecule has 1 fully saturated rings. The van der Waals surface area contributed by atoms with Gasteiger partial charge in [0.25, 0.3) is 0 Å². The highest BCUT2D eigenvalue weighted by atomic mass is 19.2. The number of hydrogen-bond acceptors (Lipinski definition) is 4. The molecular formula is C18H25F2N7. The van der Waals surface area contributed by atoms with E-state index in [0.29, 0.717) is 12.5 Å². The molecule has 1 aromatic heterocycles.